The first-order chi connectivity index (χ1) is 4.70. The molecule has 0 heterocycles. The Bertz CT molecular complexity index is 129. The molecule has 0 aliphatic rings. The van der Waals surface area contributed by atoms with Crippen molar-refractivity contribution in [3.05, 3.63) is 30.7 Å². The van der Waals surface area contributed by atoms with Gasteiger partial charge in [-0.1, -0.05) is 30.7 Å². The summed E-state index contributed by atoms with van der Waals surface area (Å²) in [5.41, 5.74) is 1.45. The molecular formula is C10H17. The van der Waals surface area contributed by atoms with Crippen LogP contribution in [0.25, 0.3) is 0 Å². The molecule has 0 fully saturated rings. The average molecular weight is 137 g/mol. The van der Waals surface area contributed by atoms with Gasteiger partial charge in [0.15, 0.2) is 0 Å². The van der Waals surface area contributed by atoms with Gasteiger partial charge < -0.3 is 0 Å². The van der Waals surface area contributed by atoms with E-state index in [1.165, 1.54) is 5.57 Å². The molecule has 0 aromatic heterocycles. The van der Waals surface area contributed by atoms with E-state index in [-0.39, 0.29) is 0 Å². The maximum Gasteiger partial charge on any atom is -0.0225 e. The third kappa shape index (κ3) is 4.37. The molecule has 0 heteroatoms. The lowest BCUT2D eigenvalue weighted by Crippen LogP contribution is -1.89. The standard InChI is InChI=1S/C10H17/c1-5-7-10(4)8-9(3)6-2/h5-7,10H,1,8H2,2-4H3/t10-/m1/s1. The lowest BCUT2D eigenvalue weighted by Gasteiger charge is -2.04. The Morgan fingerprint density at radius 1 is 1.60 bits per heavy atom. The monoisotopic (exact) mass is 137 g/mol. The summed E-state index contributed by atoms with van der Waals surface area (Å²) in [6.45, 7) is 10.1. The zero-order valence-electron chi connectivity index (χ0n) is 7.22. The summed E-state index contributed by atoms with van der Waals surface area (Å²) < 4.78 is 0. The lowest BCUT2D eigenvalue weighted by molar-refractivity contribution is 0.715. The van der Waals surface area contributed by atoms with Crippen molar-refractivity contribution in [1.29, 1.82) is 0 Å². The van der Waals surface area contributed by atoms with E-state index in [1.807, 2.05) is 6.08 Å². The molecule has 0 amide bonds. The highest BCUT2D eigenvalue weighted by Gasteiger charge is 1.95. The van der Waals surface area contributed by atoms with E-state index in [4.69, 9.17) is 0 Å². The van der Waals surface area contributed by atoms with Crippen LogP contribution in [-0.4, -0.2) is 0 Å². The highest BCUT2D eigenvalue weighted by molar-refractivity contribution is 5.01. The van der Waals surface area contributed by atoms with Gasteiger partial charge in [0.1, 0.15) is 0 Å². The second-order valence-corrected chi connectivity index (χ2v) is 2.74. The van der Waals surface area contributed by atoms with Crippen molar-refractivity contribution in [2.45, 2.75) is 27.2 Å². The normalized spacial score (nSPS) is 16.2. The molecule has 1 radical (unpaired) electrons. The van der Waals surface area contributed by atoms with Crippen LogP contribution in [0.4, 0.5) is 0 Å². The van der Waals surface area contributed by atoms with Gasteiger partial charge in [-0.15, -0.1) is 0 Å². The van der Waals surface area contributed by atoms with Crippen LogP contribution in [0.15, 0.2) is 23.8 Å². The number of rotatable bonds is 3. The van der Waals surface area contributed by atoms with Crippen LogP contribution in [0.3, 0.4) is 0 Å². The molecule has 0 unspecified atom stereocenters. The summed E-state index contributed by atoms with van der Waals surface area (Å²) in [6, 6.07) is 0. The van der Waals surface area contributed by atoms with Crippen LogP contribution in [-0.2, 0) is 0 Å². The Labute approximate surface area is 64.6 Å². The van der Waals surface area contributed by atoms with Gasteiger partial charge in [-0.3, -0.25) is 0 Å². The molecule has 1 atom stereocenters. The molecule has 0 aromatic carbocycles. The highest BCUT2D eigenvalue weighted by atomic mass is 14.0. The maximum atomic E-state index is 3.66. The predicted molar refractivity (Wildman–Crippen MR) is 47.7 cm³/mol. The van der Waals surface area contributed by atoms with E-state index < -0.39 is 0 Å². The molecule has 0 rings (SSSR count). The van der Waals surface area contributed by atoms with E-state index >= 15 is 0 Å². The first kappa shape index (κ1) is 9.48. The van der Waals surface area contributed by atoms with Crippen molar-refractivity contribution >= 4 is 0 Å². The molecule has 57 valence electrons. The summed E-state index contributed by atoms with van der Waals surface area (Å²) in [5, 5.41) is 0. The largest absolute Gasteiger partial charge is 0.0887 e. The molecule has 0 aliphatic heterocycles. The summed E-state index contributed by atoms with van der Waals surface area (Å²) >= 11 is 0. The zero-order valence-corrected chi connectivity index (χ0v) is 7.22. The summed E-state index contributed by atoms with van der Waals surface area (Å²) in [4.78, 5) is 0. The molecular weight excluding hydrogens is 120 g/mol. The van der Waals surface area contributed by atoms with E-state index in [0.29, 0.717) is 5.92 Å². The summed E-state index contributed by atoms with van der Waals surface area (Å²) in [6.07, 6.45) is 7.32. The number of hydrogen-bond donors (Lipinski definition) is 0. The molecule has 10 heavy (non-hydrogen) atoms. The van der Waals surface area contributed by atoms with Gasteiger partial charge in [0.05, 0.1) is 0 Å². The van der Waals surface area contributed by atoms with Crippen molar-refractivity contribution in [2.75, 3.05) is 0 Å². The third-order valence-corrected chi connectivity index (χ3v) is 1.60. The van der Waals surface area contributed by atoms with Gasteiger partial charge in [0.25, 0.3) is 0 Å². The van der Waals surface area contributed by atoms with Crippen LogP contribution in [0.5, 0.6) is 0 Å². The molecule has 0 aromatic rings. The van der Waals surface area contributed by atoms with E-state index in [9.17, 15) is 0 Å². The van der Waals surface area contributed by atoms with Gasteiger partial charge in [-0.05, 0) is 33.1 Å². The van der Waals surface area contributed by atoms with Crippen LogP contribution in [0.1, 0.15) is 27.2 Å². The minimum absolute atomic E-state index is 0.633. The summed E-state index contributed by atoms with van der Waals surface area (Å²) in [5.74, 6) is 0.633. The number of allylic oxidation sites excluding steroid dienone is 4. The topological polar surface area (TPSA) is 0 Å². The second kappa shape index (κ2) is 5.28. The van der Waals surface area contributed by atoms with Crippen LogP contribution in [0, 0.1) is 12.8 Å². The van der Waals surface area contributed by atoms with Gasteiger partial charge in [-0.25, -0.2) is 0 Å². The predicted octanol–water partition coefficient (Wildman–Crippen LogP) is 3.37. The smallest absolute Gasteiger partial charge is 0.0225 e. The van der Waals surface area contributed by atoms with Crippen molar-refractivity contribution in [3.63, 3.8) is 0 Å². The van der Waals surface area contributed by atoms with E-state index in [1.54, 1.807) is 0 Å². The SMILES string of the molecule is [CH2]C=C[C@@H](C)CC(C)=CC. The molecule has 0 saturated carbocycles. The third-order valence-electron chi connectivity index (χ3n) is 1.60. The van der Waals surface area contributed by atoms with Gasteiger partial charge in [0, 0.05) is 0 Å². The molecule has 0 bridgehead atoms. The number of hydrogen-bond acceptors (Lipinski definition) is 0. The fourth-order valence-corrected chi connectivity index (χ4v) is 0.926. The Morgan fingerprint density at radius 2 is 2.20 bits per heavy atom. The fourth-order valence-electron chi connectivity index (χ4n) is 0.926. The summed E-state index contributed by atoms with van der Waals surface area (Å²) in [7, 11) is 0. The maximum absolute atomic E-state index is 3.66. The van der Waals surface area contributed by atoms with Crippen molar-refractivity contribution < 1.29 is 0 Å². The quantitative estimate of drug-likeness (QED) is 0.523. The highest BCUT2D eigenvalue weighted by Crippen LogP contribution is 2.11. The fraction of sp³-hybridized carbons (Fsp3) is 0.500. The second-order valence-electron chi connectivity index (χ2n) is 2.74. The van der Waals surface area contributed by atoms with Gasteiger partial charge in [0.2, 0.25) is 0 Å². The first-order valence-corrected chi connectivity index (χ1v) is 3.78. The minimum Gasteiger partial charge on any atom is -0.0887 e. The van der Waals surface area contributed by atoms with Crippen molar-refractivity contribution in [3.8, 4) is 0 Å². The van der Waals surface area contributed by atoms with E-state index in [2.05, 4.69) is 39.8 Å². The van der Waals surface area contributed by atoms with Crippen LogP contribution < -0.4 is 0 Å². The Kier molecular flexibility index (Phi) is 5.00. The van der Waals surface area contributed by atoms with Crippen LogP contribution in [0.2, 0.25) is 0 Å². The molecule has 0 spiro atoms. The molecule has 0 saturated heterocycles. The van der Waals surface area contributed by atoms with E-state index in [0.717, 1.165) is 6.42 Å². The average Bonchev–Trinajstić information content (AvgIpc) is 1.88. The van der Waals surface area contributed by atoms with Crippen LogP contribution >= 0.6 is 0 Å². The van der Waals surface area contributed by atoms with Gasteiger partial charge >= 0.3 is 0 Å². The van der Waals surface area contributed by atoms with Crippen molar-refractivity contribution in [1.82, 2.24) is 0 Å². The molecule has 0 N–H and O–H groups in total. The van der Waals surface area contributed by atoms with Crippen molar-refractivity contribution in [2.24, 2.45) is 5.92 Å². The zero-order chi connectivity index (χ0) is 7.98. The Balaban J connectivity index is 3.68. The Morgan fingerprint density at radius 3 is 2.60 bits per heavy atom. The molecule has 0 nitrogen and oxygen atoms in total. The Hall–Kier alpha value is -0.520. The first-order valence-electron chi connectivity index (χ1n) is 3.78. The minimum atomic E-state index is 0.633. The lowest BCUT2D eigenvalue weighted by atomic mass is 10.0. The molecule has 0 aliphatic carbocycles. The van der Waals surface area contributed by atoms with Gasteiger partial charge in [-0.2, -0.15) is 0 Å².